The summed E-state index contributed by atoms with van der Waals surface area (Å²) >= 11 is 1.51. The summed E-state index contributed by atoms with van der Waals surface area (Å²) in [6.45, 7) is 6.17. The Bertz CT molecular complexity index is 667. The fourth-order valence-electron chi connectivity index (χ4n) is 2.63. The molecule has 1 amide bonds. The zero-order chi connectivity index (χ0) is 16.8. The van der Waals surface area contributed by atoms with Crippen molar-refractivity contribution in [3.05, 3.63) is 35.3 Å². The molecule has 1 aromatic heterocycles. The molecular weight excluding hydrogens is 358 g/mol. The molecule has 2 aromatic rings. The van der Waals surface area contributed by atoms with Gasteiger partial charge in [-0.2, -0.15) is 0 Å². The fraction of sp³-hybridized carbons (Fsp3) is 0.444. The highest BCUT2D eigenvalue weighted by molar-refractivity contribution is 7.13. The number of aromatic nitrogens is 1. The molecule has 25 heavy (non-hydrogen) atoms. The van der Waals surface area contributed by atoms with Gasteiger partial charge in [0.25, 0.3) is 5.91 Å². The first-order valence-corrected chi connectivity index (χ1v) is 9.34. The third kappa shape index (κ3) is 5.17. The Kier molecular flexibility index (Phi) is 7.68. The Morgan fingerprint density at radius 2 is 2.08 bits per heavy atom. The van der Waals surface area contributed by atoms with Gasteiger partial charge >= 0.3 is 0 Å². The second-order valence-corrected chi connectivity index (χ2v) is 6.66. The van der Waals surface area contributed by atoms with E-state index in [0.29, 0.717) is 5.69 Å². The second kappa shape index (κ2) is 9.75. The van der Waals surface area contributed by atoms with Crippen molar-refractivity contribution in [1.82, 2.24) is 15.2 Å². The van der Waals surface area contributed by atoms with Crippen molar-refractivity contribution < 1.29 is 9.53 Å². The van der Waals surface area contributed by atoms with Crippen molar-refractivity contribution in [2.45, 2.75) is 19.8 Å². The van der Waals surface area contributed by atoms with Crippen LogP contribution < -0.4 is 10.1 Å². The van der Waals surface area contributed by atoms with E-state index in [1.165, 1.54) is 11.3 Å². The lowest BCUT2D eigenvalue weighted by atomic mass is 10.2. The average Bonchev–Trinajstić information content (AvgIpc) is 2.95. The van der Waals surface area contributed by atoms with Crippen LogP contribution in [-0.4, -0.2) is 48.6 Å². The van der Waals surface area contributed by atoms with Gasteiger partial charge in [-0.25, -0.2) is 4.98 Å². The number of carbonyl (C=O) groups is 1. The largest absolute Gasteiger partial charge is 0.494 e. The molecule has 0 saturated carbocycles. The molecule has 0 bridgehead atoms. The molecule has 3 rings (SSSR count). The van der Waals surface area contributed by atoms with Gasteiger partial charge in [0.2, 0.25) is 0 Å². The average molecular weight is 382 g/mol. The highest BCUT2D eigenvalue weighted by atomic mass is 35.5. The van der Waals surface area contributed by atoms with E-state index in [1.54, 1.807) is 0 Å². The Morgan fingerprint density at radius 1 is 1.28 bits per heavy atom. The number of nitrogens with zero attached hydrogens (tertiary/aromatic N) is 2. The predicted molar refractivity (Wildman–Crippen MR) is 104 cm³/mol. The smallest absolute Gasteiger partial charge is 0.273 e. The van der Waals surface area contributed by atoms with Crippen LogP contribution in [-0.2, 0) is 0 Å². The van der Waals surface area contributed by atoms with Gasteiger partial charge in [-0.1, -0.05) is 6.92 Å². The Morgan fingerprint density at radius 3 is 2.84 bits per heavy atom. The first-order valence-electron chi connectivity index (χ1n) is 8.46. The van der Waals surface area contributed by atoms with Crippen molar-refractivity contribution in [3.8, 4) is 16.3 Å². The van der Waals surface area contributed by atoms with E-state index >= 15 is 0 Å². The van der Waals surface area contributed by atoms with Gasteiger partial charge in [-0.15, -0.1) is 23.7 Å². The molecule has 0 aliphatic carbocycles. The summed E-state index contributed by atoms with van der Waals surface area (Å²) in [6.07, 6.45) is 1.98. The van der Waals surface area contributed by atoms with Crippen LogP contribution in [0.25, 0.3) is 10.6 Å². The molecule has 2 heterocycles. The topological polar surface area (TPSA) is 54.5 Å². The van der Waals surface area contributed by atoms with E-state index < -0.39 is 0 Å². The van der Waals surface area contributed by atoms with E-state index in [1.807, 2.05) is 34.5 Å². The number of ether oxygens (including phenoxy) is 1. The Labute approximate surface area is 158 Å². The molecular formula is C18H24ClN3O2S. The minimum absolute atomic E-state index is 0. The predicted octanol–water partition coefficient (Wildman–Crippen LogP) is 3.46. The zero-order valence-corrected chi connectivity index (χ0v) is 16.0. The van der Waals surface area contributed by atoms with Crippen molar-refractivity contribution >= 4 is 29.7 Å². The number of rotatable bonds is 5. The van der Waals surface area contributed by atoms with Crippen LogP contribution in [0.1, 0.15) is 30.3 Å². The molecule has 1 aliphatic rings. The monoisotopic (exact) mass is 381 g/mol. The van der Waals surface area contributed by atoms with Crippen LogP contribution in [0.4, 0.5) is 0 Å². The third-order valence-electron chi connectivity index (χ3n) is 3.92. The molecule has 136 valence electrons. The maximum atomic E-state index is 12.6. The van der Waals surface area contributed by atoms with Gasteiger partial charge < -0.3 is 15.0 Å². The normalized spacial score (nSPS) is 14.5. The van der Waals surface area contributed by atoms with E-state index in [4.69, 9.17) is 4.74 Å². The number of halogens is 1. The second-order valence-electron chi connectivity index (χ2n) is 5.81. The van der Waals surface area contributed by atoms with Gasteiger partial charge in [-0.05, 0) is 43.7 Å². The summed E-state index contributed by atoms with van der Waals surface area (Å²) in [5, 5.41) is 6.04. The first-order chi connectivity index (χ1) is 11.8. The van der Waals surface area contributed by atoms with E-state index in [-0.39, 0.29) is 18.3 Å². The SMILES string of the molecule is CCCOc1ccc(-c2nc(C(=O)N3CCCNCC3)cs2)cc1.Cl. The Hall–Kier alpha value is -1.63. The molecule has 0 atom stereocenters. The molecule has 0 spiro atoms. The third-order valence-corrected chi connectivity index (χ3v) is 4.82. The van der Waals surface area contributed by atoms with Gasteiger partial charge in [0, 0.05) is 30.6 Å². The minimum atomic E-state index is 0. The summed E-state index contributed by atoms with van der Waals surface area (Å²) in [7, 11) is 0. The van der Waals surface area contributed by atoms with Crippen LogP contribution in [0.5, 0.6) is 5.75 Å². The molecule has 1 aliphatic heterocycles. The van der Waals surface area contributed by atoms with Crippen molar-refractivity contribution in [1.29, 1.82) is 0 Å². The van der Waals surface area contributed by atoms with Gasteiger partial charge in [0.1, 0.15) is 16.5 Å². The van der Waals surface area contributed by atoms with Crippen LogP contribution in [0.15, 0.2) is 29.6 Å². The van der Waals surface area contributed by atoms with Crippen molar-refractivity contribution in [2.75, 3.05) is 32.8 Å². The molecule has 7 heteroatoms. The van der Waals surface area contributed by atoms with Crippen LogP contribution in [0.2, 0.25) is 0 Å². The van der Waals surface area contributed by atoms with Gasteiger partial charge in [0.15, 0.2) is 0 Å². The lowest BCUT2D eigenvalue weighted by Crippen LogP contribution is -2.34. The quantitative estimate of drug-likeness (QED) is 0.861. The number of thiazole rings is 1. The maximum absolute atomic E-state index is 12.6. The minimum Gasteiger partial charge on any atom is -0.494 e. The molecule has 1 saturated heterocycles. The summed E-state index contributed by atoms with van der Waals surface area (Å²) < 4.78 is 5.60. The van der Waals surface area contributed by atoms with Crippen molar-refractivity contribution in [2.24, 2.45) is 0 Å². The molecule has 1 aromatic carbocycles. The maximum Gasteiger partial charge on any atom is 0.273 e. The fourth-order valence-corrected chi connectivity index (χ4v) is 3.43. The summed E-state index contributed by atoms with van der Waals surface area (Å²) in [5.41, 5.74) is 1.56. The number of hydrogen-bond acceptors (Lipinski definition) is 5. The molecule has 1 fully saturated rings. The van der Waals surface area contributed by atoms with Gasteiger partial charge in [-0.3, -0.25) is 4.79 Å². The van der Waals surface area contributed by atoms with Crippen molar-refractivity contribution in [3.63, 3.8) is 0 Å². The zero-order valence-electron chi connectivity index (χ0n) is 14.4. The van der Waals surface area contributed by atoms with E-state index in [0.717, 1.165) is 61.9 Å². The van der Waals surface area contributed by atoms with E-state index in [2.05, 4.69) is 17.2 Å². The highest BCUT2D eigenvalue weighted by Crippen LogP contribution is 2.26. The molecule has 1 N–H and O–H groups in total. The number of amides is 1. The van der Waals surface area contributed by atoms with Crippen LogP contribution in [0, 0.1) is 0 Å². The highest BCUT2D eigenvalue weighted by Gasteiger charge is 2.20. The van der Waals surface area contributed by atoms with E-state index in [9.17, 15) is 4.79 Å². The van der Waals surface area contributed by atoms with Crippen LogP contribution in [0.3, 0.4) is 0 Å². The number of benzene rings is 1. The summed E-state index contributed by atoms with van der Waals surface area (Å²) in [5.74, 6) is 0.898. The standard InChI is InChI=1S/C18H23N3O2S.ClH/c1-2-12-23-15-6-4-14(5-7-15)17-20-16(13-24-17)18(22)21-10-3-8-19-9-11-21;/h4-7,13,19H,2-3,8-12H2,1H3;1H. The first kappa shape index (κ1) is 19.7. The lowest BCUT2D eigenvalue weighted by molar-refractivity contribution is 0.0761. The van der Waals surface area contributed by atoms with Gasteiger partial charge in [0.05, 0.1) is 6.61 Å². The lowest BCUT2D eigenvalue weighted by Gasteiger charge is -2.18. The number of hydrogen-bond donors (Lipinski definition) is 1. The molecule has 5 nitrogen and oxygen atoms in total. The number of nitrogens with one attached hydrogen (secondary N) is 1. The number of carbonyl (C=O) groups excluding carboxylic acids is 1. The summed E-state index contributed by atoms with van der Waals surface area (Å²) in [6, 6.07) is 7.89. The van der Waals surface area contributed by atoms with Crippen LogP contribution >= 0.6 is 23.7 Å². The Balaban J connectivity index is 0.00000225. The summed E-state index contributed by atoms with van der Waals surface area (Å²) in [4.78, 5) is 19.0. The molecule has 0 radical (unpaired) electrons. The molecule has 0 unspecified atom stereocenters.